The molecule has 1 aliphatic heterocycles. The maximum absolute atomic E-state index is 12.5. The van der Waals surface area contributed by atoms with Gasteiger partial charge >= 0.3 is 0 Å². The topological polar surface area (TPSA) is 63.1 Å². The molecule has 2 heterocycles. The van der Waals surface area contributed by atoms with Crippen LogP contribution in [-0.2, 0) is 6.54 Å². The number of halogens is 1. The third-order valence-corrected chi connectivity index (χ3v) is 4.56. The number of hydrogen-bond donors (Lipinski definition) is 1. The highest BCUT2D eigenvalue weighted by atomic mass is 79.9. The summed E-state index contributed by atoms with van der Waals surface area (Å²) in [5.41, 5.74) is 1.47. The molecule has 0 radical (unpaired) electrons. The lowest BCUT2D eigenvalue weighted by atomic mass is 10.1. The molecule has 1 aliphatic rings. The highest BCUT2D eigenvalue weighted by Gasteiger charge is 2.20. The summed E-state index contributed by atoms with van der Waals surface area (Å²) >= 11 is 3.45. The molecular formula is C16H20BrN5O. The molecule has 2 aromatic rings. The lowest BCUT2D eigenvalue weighted by Gasteiger charge is -2.22. The van der Waals surface area contributed by atoms with Crippen LogP contribution in [0.25, 0.3) is 0 Å². The fourth-order valence-corrected chi connectivity index (χ4v) is 3.25. The molecule has 0 aliphatic carbocycles. The van der Waals surface area contributed by atoms with Crippen molar-refractivity contribution < 1.29 is 4.79 Å². The van der Waals surface area contributed by atoms with Crippen LogP contribution in [0.15, 0.2) is 34.9 Å². The number of hydrogen-bond acceptors (Lipinski definition) is 4. The number of carbonyl (C=O) groups excluding carboxylic acids is 1. The summed E-state index contributed by atoms with van der Waals surface area (Å²) in [6.07, 6.45) is 3.81. The van der Waals surface area contributed by atoms with Crippen LogP contribution in [-0.4, -0.2) is 45.9 Å². The quantitative estimate of drug-likeness (QED) is 0.887. The molecule has 23 heavy (non-hydrogen) atoms. The molecule has 3 rings (SSSR count). The van der Waals surface area contributed by atoms with Gasteiger partial charge in [0.1, 0.15) is 0 Å². The van der Waals surface area contributed by atoms with E-state index >= 15 is 0 Å². The number of nitrogens with zero attached hydrogens (tertiary/aromatic N) is 4. The molecule has 1 saturated heterocycles. The summed E-state index contributed by atoms with van der Waals surface area (Å²) in [6.45, 7) is 2.51. The van der Waals surface area contributed by atoms with E-state index in [0.717, 1.165) is 36.0 Å². The number of benzene rings is 1. The Morgan fingerprint density at radius 2 is 2.22 bits per heavy atom. The molecule has 1 N–H and O–H groups in total. The van der Waals surface area contributed by atoms with Crippen LogP contribution in [0.4, 0.5) is 0 Å². The number of nitrogens with one attached hydrogen (secondary N) is 1. The fourth-order valence-electron chi connectivity index (χ4n) is 2.80. The SMILES string of the molecule is CN(Cc1cccc(Br)c1)C(=O)c1cn(C2CCNCC2)nn1. The van der Waals surface area contributed by atoms with E-state index < -0.39 is 0 Å². The van der Waals surface area contributed by atoms with E-state index in [2.05, 4.69) is 31.6 Å². The van der Waals surface area contributed by atoms with Gasteiger partial charge in [-0.25, -0.2) is 4.68 Å². The van der Waals surface area contributed by atoms with Gasteiger partial charge in [0.2, 0.25) is 0 Å². The summed E-state index contributed by atoms with van der Waals surface area (Å²) in [4.78, 5) is 14.2. The predicted molar refractivity (Wildman–Crippen MR) is 91.1 cm³/mol. The number of amides is 1. The van der Waals surface area contributed by atoms with Gasteiger partial charge in [-0.15, -0.1) is 5.10 Å². The van der Waals surface area contributed by atoms with Crippen molar-refractivity contribution in [2.75, 3.05) is 20.1 Å². The van der Waals surface area contributed by atoms with Gasteiger partial charge < -0.3 is 10.2 Å². The minimum Gasteiger partial charge on any atom is -0.336 e. The van der Waals surface area contributed by atoms with Gasteiger partial charge in [0.25, 0.3) is 5.91 Å². The minimum atomic E-state index is -0.106. The zero-order valence-corrected chi connectivity index (χ0v) is 14.7. The van der Waals surface area contributed by atoms with Crippen molar-refractivity contribution in [2.24, 2.45) is 0 Å². The first-order chi connectivity index (χ1) is 11.1. The Morgan fingerprint density at radius 3 is 2.96 bits per heavy atom. The monoisotopic (exact) mass is 377 g/mol. The van der Waals surface area contributed by atoms with E-state index in [9.17, 15) is 4.79 Å². The third kappa shape index (κ3) is 3.97. The van der Waals surface area contributed by atoms with Crippen LogP contribution in [0.3, 0.4) is 0 Å². The van der Waals surface area contributed by atoms with Gasteiger partial charge in [-0.2, -0.15) is 0 Å². The molecule has 1 fully saturated rings. The Bertz CT molecular complexity index is 681. The largest absolute Gasteiger partial charge is 0.336 e. The highest BCUT2D eigenvalue weighted by Crippen LogP contribution is 2.18. The maximum Gasteiger partial charge on any atom is 0.276 e. The number of piperidine rings is 1. The molecule has 0 unspecified atom stereocenters. The van der Waals surface area contributed by atoms with Crippen LogP contribution < -0.4 is 5.32 Å². The van der Waals surface area contributed by atoms with Crippen molar-refractivity contribution >= 4 is 21.8 Å². The van der Waals surface area contributed by atoms with E-state index in [0.29, 0.717) is 18.3 Å². The van der Waals surface area contributed by atoms with Gasteiger partial charge in [-0.1, -0.05) is 33.3 Å². The second kappa shape index (κ2) is 7.23. The molecule has 1 aromatic carbocycles. The van der Waals surface area contributed by atoms with Gasteiger partial charge in [0, 0.05) is 18.1 Å². The van der Waals surface area contributed by atoms with Gasteiger partial charge in [-0.05, 0) is 43.6 Å². The van der Waals surface area contributed by atoms with Crippen LogP contribution in [0.1, 0.15) is 34.9 Å². The van der Waals surface area contributed by atoms with Crippen molar-refractivity contribution in [1.29, 1.82) is 0 Å². The summed E-state index contributed by atoms with van der Waals surface area (Å²) in [5, 5.41) is 11.5. The van der Waals surface area contributed by atoms with E-state index in [4.69, 9.17) is 0 Å². The Labute approximate surface area is 144 Å². The van der Waals surface area contributed by atoms with Gasteiger partial charge in [0.05, 0.1) is 12.2 Å². The number of carbonyl (C=O) groups is 1. The predicted octanol–water partition coefficient (Wildman–Crippen LogP) is 2.24. The van der Waals surface area contributed by atoms with Crippen molar-refractivity contribution in [2.45, 2.75) is 25.4 Å². The molecule has 0 bridgehead atoms. The summed E-state index contributed by atoms with van der Waals surface area (Å²) in [5.74, 6) is -0.106. The molecule has 1 aromatic heterocycles. The minimum absolute atomic E-state index is 0.106. The molecule has 0 spiro atoms. The average Bonchev–Trinajstić information content (AvgIpc) is 3.05. The second-order valence-electron chi connectivity index (χ2n) is 5.86. The van der Waals surface area contributed by atoms with E-state index in [1.165, 1.54) is 0 Å². The Hall–Kier alpha value is -1.73. The zero-order valence-electron chi connectivity index (χ0n) is 13.1. The van der Waals surface area contributed by atoms with Crippen molar-refractivity contribution in [1.82, 2.24) is 25.2 Å². The lowest BCUT2D eigenvalue weighted by Crippen LogP contribution is -2.29. The van der Waals surface area contributed by atoms with Crippen molar-refractivity contribution in [3.8, 4) is 0 Å². The van der Waals surface area contributed by atoms with Crippen LogP contribution >= 0.6 is 15.9 Å². The molecule has 1 amide bonds. The first-order valence-electron chi connectivity index (χ1n) is 7.76. The van der Waals surface area contributed by atoms with Crippen molar-refractivity contribution in [3.05, 3.63) is 46.2 Å². The van der Waals surface area contributed by atoms with E-state index in [-0.39, 0.29) is 5.91 Å². The standard InChI is InChI=1S/C16H20BrN5O/c1-21(10-12-3-2-4-13(17)9-12)16(23)15-11-22(20-19-15)14-5-7-18-8-6-14/h2-4,9,11,14,18H,5-8,10H2,1H3. The summed E-state index contributed by atoms with van der Waals surface area (Å²) in [6, 6.07) is 8.28. The van der Waals surface area contributed by atoms with Crippen LogP contribution in [0, 0.1) is 0 Å². The highest BCUT2D eigenvalue weighted by molar-refractivity contribution is 9.10. The fraction of sp³-hybridized carbons (Fsp3) is 0.438. The van der Waals surface area contributed by atoms with Gasteiger partial charge in [0.15, 0.2) is 5.69 Å². The van der Waals surface area contributed by atoms with E-state index in [1.807, 2.05) is 28.9 Å². The average molecular weight is 378 g/mol. The molecule has 0 atom stereocenters. The lowest BCUT2D eigenvalue weighted by molar-refractivity contribution is 0.0779. The van der Waals surface area contributed by atoms with E-state index in [1.54, 1.807) is 18.1 Å². The normalized spacial score (nSPS) is 15.6. The molecular weight excluding hydrogens is 358 g/mol. The second-order valence-corrected chi connectivity index (χ2v) is 6.77. The Balaban J connectivity index is 1.66. The molecule has 7 heteroatoms. The van der Waals surface area contributed by atoms with Crippen LogP contribution in [0.5, 0.6) is 0 Å². The zero-order chi connectivity index (χ0) is 16.2. The molecule has 122 valence electrons. The molecule has 6 nitrogen and oxygen atoms in total. The third-order valence-electron chi connectivity index (χ3n) is 4.07. The summed E-state index contributed by atoms with van der Waals surface area (Å²) < 4.78 is 2.84. The number of aromatic nitrogens is 3. The summed E-state index contributed by atoms with van der Waals surface area (Å²) in [7, 11) is 1.78. The maximum atomic E-state index is 12.5. The first kappa shape index (κ1) is 16.1. The Kier molecular flexibility index (Phi) is 5.07. The molecule has 0 saturated carbocycles. The van der Waals surface area contributed by atoms with Crippen LogP contribution in [0.2, 0.25) is 0 Å². The Morgan fingerprint density at radius 1 is 1.43 bits per heavy atom. The van der Waals surface area contributed by atoms with Gasteiger partial charge in [-0.3, -0.25) is 4.79 Å². The number of rotatable bonds is 4. The first-order valence-corrected chi connectivity index (χ1v) is 8.55. The van der Waals surface area contributed by atoms with Crippen molar-refractivity contribution in [3.63, 3.8) is 0 Å². The smallest absolute Gasteiger partial charge is 0.276 e.